The molecule has 1 amide bonds. The molecule has 7 heteroatoms. The molecular formula is C16H15Cl2N3OS. The first-order chi connectivity index (χ1) is 11.0. The molecule has 2 aromatic rings. The molecule has 0 saturated heterocycles. The molecule has 23 heavy (non-hydrogen) atoms. The smallest absolute Gasteiger partial charge is 0.256 e. The zero-order valence-corrected chi connectivity index (χ0v) is 14.8. The molecular weight excluding hydrogens is 353 g/mol. The largest absolute Gasteiger partial charge is 0.353 e. The van der Waals surface area contributed by atoms with Gasteiger partial charge in [0.2, 0.25) is 0 Å². The van der Waals surface area contributed by atoms with Gasteiger partial charge in [0.1, 0.15) is 11.2 Å². The highest BCUT2D eigenvalue weighted by molar-refractivity contribution is 7.16. The number of likely N-dealkylation sites (N-methyl/N-ethyl adjacent to an activating group) is 1. The molecule has 0 saturated carbocycles. The van der Waals surface area contributed by atoms with Crippen LogP contribution in [-0.2, 0) is 13.0 Å². The number of anilines is 1. The first kappa shape index (κ1) is 15.3. The van der Waals surface area contributed by atoms with E-state index in [0.29, 0.717) is 10.0 Å². The Kier molecular flexibility index (Phi) is 3.76. The Morgan fingerprint density at radius 2 is 2.13 bits per heavy atom. The number of nitrogens with zero attached hydrogens (tertiary/aromatic N) is 1. The van der Waals surface area contributed by atoms with Crippen molar-refractivity contribution in [3.05, 3.63) is 49.8 Å². The topological polar surface area (TPSA) is 44.4 Å². The van der Waals surface area contributed by atoms with Crippen molar-refractivity contribution >= 4 is 45.4 Å². The van der Waals surface area contributed by atoms with E-state index in [9.17, 15) is 4.79 Å². The summed E-state index contributed by atoms with van der Waals surface area (Å²) in [6, 6.07) is 5.45. The quantitative estimate of drug-likeness (QED) is 0.803. The number of nitrogens with one attached hydrogen (secondary N) is 2. The highest BCUT2D eigenvalue weighted by Crippen LogP contribution is 2.41. The van der Waals surface area contributed by atoms with Crippen molar-refractivity contribution in [2.75, 3.05) is 18.9 Å². The Morgan fingerprint density at radius 1 is 1.30 bits per heavy atom. The van der Waals surface area contributed by atoms with Crippen LogP contribution in [0.2, 0.25) is 10.0 Å². The lowest BCUT2D eigenvalue weighted by molar-refractivity contribution is 0.0935. The van der Waals surface area contributed by atoms with Crippen LogP contribution in [0.15, 0.2) is 18.2 Å². The lowest BCUT2D eigenvalue weighted by Crippen LogP contribution is -2.38. The van der Waals surface area contributed by atoms with Crippen molar-refractivity contribution in [2.24, 2.45) is 0 Å². The molecule has 2 aliphatic rings. The number of benzene rings is 1. The standard InChI is InChI=1S/C16H15Cl2N3OS/c1-21-6-5-8-11(7-21)23-16-12(8)15(22)19-14(20-16)9-3-2-4-10(17)13(9)18/h2-4,14,20H,5-7H2,1H3,(H,19,22)/t14-/m1/s1. The number of rotatable bonds is 1. The predicted molar refractivity (Wildman–Crippen MR) is 94.6 cm³/mol. The summed E-state index contributed by atoms with van der Waals surface area (Å²) < 4.78 is 0. The van der Waals surface area contributed by atoms with Gasteiger partial charge in [0.05, 0.1) is 15.6 Å². The van der Waals surface area contributed by atoms with E-state index in [1.807, 2.05) is 12.1 Å². The second-order valence-electron chi connectivity index (χ2n) is 5.89. The van der Waals surface area contributed by atoms with E-state index in [4.69, 9.17) is 23.2 Å². The van der Waals surface area contributed by atoms with E-state index in [2.05, 4.69) is 22.6 Å². The fourth-order valence-electron chi connectivity index (χ4n) is 3.14. The van der Waals surface area contributed by atoms with Gasteiger partial charge in [-0.2, -0.15) is 0 Å². The SMILES string of the molecule is CN1CCc2c(sc3c2C(=O)N[C@@H](c2cccc(Cl)c2Cl)N3)C1. The van der Waals surface area contributed by atoms with Gasteiger partial charge in [-0.25, -0.2) is 0 Å². The summed E-state index contributed by atoms with van der Waals surface area (Å²) in [7, 11) is 2.10. The molecule has 0 aliphatic carbocycles. The number of hydrogen-bond donors (Lipinski definition) is 2. The number of thiophene rings is 1. The summed E-state index contributed by atoms with van der Waals surface area (Å²) in [5.41, 5.74) is 2.76. The van der Waals surface area contributed by atoms with E-state index in [0.717, 1.165) is 35.6 Å². The third-order valence-electron chi connectivity index (χ3n) is 4.32. The summed E-state index contributed by atoms with van der Waals surface area (Å²) in [6.45, 7) is 1.87. The van der Waals surface area contributed by atoms with Crippen molar-refractivity contribution in [2.45, 2.75) is 19.1 Å². The minimum Gasteiger partial charge on any atom is -0.353 e. The molecule has 1 atom stereocenters. The first-order valence-corrected chi connectivity index (χ1v) is 8.96. The molecule has 0 fully saturated rings. The van der Waals surface area contributed by atoms with Crippen LogP contribution in [0.5, 0.6) is 0 Å². The summed E-state index contributed by atoms with van der Waals surface area (Å²) in [4.78, 5) is 16.2. The number of fused-ring (bicyclic) bond motifs is 3. The number of amides is 1. The molecule has 0 unspecified atom stereocenters. The molecule has 2 N–H and O–H groups in total. The molecule has 0 spiro atoms. The lowest BCUT2D eigenvalue weighted by Gasteiger charge is -2.28. The Hall–Kier alpha value is -1.27. The lowest BCUT2D eigenvalue weighted by atomic mass is 10.0. The number of carbonyl (C=O) groups excluding carboxylic acids is 1. The second kappa shape index (κ2) is 5.67. The third-order valence-corrected chi connectivity index (χ3v) is 6.30. The van der Waals surface area contributed by atoms with Crippen molar-refractivity contribution in [3.63, 3.8) is 0 Å². The van der Waals surface area contributed by atoms with Crippen LogP contribution in [0.1, 0.15) is 32.5 Å². The van der Waals surface area contributed by atoms with Gasteiger partial charge in [0.25, 0.3) is 5.91 Å². The van der Waals surface area contributed by atoms with E-state index in [1.165, 1.54) is 10.4 Å². The number of hydrogen-bond acceptors (Lipinski definition) is 4. The van der Waals surface area contributed by atoms with Gasteiger partial charge in [-0.15, -0.1) is 11.3 Å². The first-order valence-electron chi connectivity index (χ1n) is 7.39. The van der Waals surface area contributed by atoms with Gasteiger partial charge in [-0.05, 0) is 25.1 Å². The minimum absolute atomic E-state index is 0.0400. The van der Waals surface area contributed by atoms with Crippen LogP contribution in [0.25, 0.3) is 0 Å². The molecule has 0 radical (unpaired) electrons. The maximum Gasteiger partial charge on any atom is 0.256 e. The summed E-state index contributed by atoms with van der Waals surface area (Å²) in [6.07, 6.45) is 0.550. The van der Waals surface area contributed by atoms with Gasteiger partial charge in [0, 0.05) is 23.5 Å². The molecule has 120 valence electrons. The van der Waals surface area contributed by atoms with Crippen LogP contribution in [0.4, 0.5) is 5.00 Å². The second-order valence-corrected chi connectivity index (χ2v) is 7.78. The monoisotopic (exact) mass is 367 g/mol. The van der Waals surface area contributed by atoms with Crippen molar-refractivity contribution in [3.8, 4) is 0 Å². The molecule has 4 nitrogen and oxygen atoms in total. The molecule has 4 rings (SSSR count). The van der Waals surface area contributed by atoms with Gasteiger partial charge in [-0.1, -0.05) is 35.3 Å². The maximum atomic E-state index is 12.6. The summed E-state index contributed by atoms with van der Waals surface area (Å²) in [5.74, 6) is -0.0400. The minimum atomic E-state index is -0.362. The van der Waals surface area contributed by atoms with Crippen molar-refractivity contribution < 1.29 is 4.79 Å². The molecule has 3 heterocycles. The average molecular weight is 368 g/mol. The van der Waals surface area contributed by atoms with Crippen molar-refractivity contribution in [1.82, 2.24) is 10.2 Å². The Bertz CT molecular complexity index is 805. The Morgan fingerprint density at radius 3 is 2.96 bits per heavy atom. The Balaban J connectivity index is 1.73. The summed E-state index contributed by atoms with van der Waals surface area (Å²) >= 11 is 14.1. The highest BCUT2D eigenvalue weighted by Gasteiger charge is 2.33. The molecule has 2 aliphatic heterocycles. The fraction of sp³-hybridized carbons (Fsp3) is 0.312. The number of carbonyl (C=O) groups is 1. The van der Waals surface area contributed by atoms with Crippen LogP contribution in [0, 0.1) is 0 Å². The van der Waals surface area contributed by atoms with Crippen LogP contribution in [0.3, 0.4) is 0 Å². The zero-order chi connectivity index (χ0) is 16.1. The maximum absolute atomic E-state index is 12.6. The van der Waals surface area contributed by atoms with Gasteiger partial charge in [0.15, 0.2) is 0 Å². The van der Waals surface area contributed by atoms with E-state index in [1.54, 1.807) is 17.4 Å². The molecule has 0 bridgehead atoms. The van der Waals surface area contributed by atoms with E-state index < -0.39 is 0 Å². The zero-order valence-electron chi connectivity index (χ0n) is 12.5. The van der Waals surface area contributed by atoms with Crippen LogP contribution >= 0.6 is 34.5 Å². The van der Waals surface area contributed by atoms with Gasteiger partial charge in [-0.3, -0.25) is 4.79 Å². The van der Waals surface area contributed by atoms with Crippen molar-refractivity contribution in [1.29, 1.82) is 0 Å². The van der Waals surface area contributed by atoms with E-state index in [-0.39, 0.29) is 12.1 Å². The predicted octanol–water partition coefficient (Wildman–Crippen LogP) is 3.90. The number of halogens is 2. The van der Waals surface area contributed by atoms with Gasteiger partial charge < -0.3 is 15.5 Å². The molecule has 1 aromatic heterocycles. The normalized spacial score (nSPS) is 20.5. The van der Waals surface area contributed by atoms with Crippen LogP contribution in [-0.4, -0.2) is 24.4 Å². The van der Waals surface area contributed by atoms with Gasteiger partial charge >= 0.3 is 0 Å². The average Bonchev–Trinajstić information content (AvgIpc) is 2.87. The van der Waals surface area contributed by atoms with Crippen LogP contribution < -0.4 is 10.6 Å². The summed E-state index contributed by atoms with van der Waals surface area (Å²) in [5, 5.41) is 8.29. The molecule has 1 aromatic carbocycles. The highest BCUT2D eigenvalue weighted by atomic mass is 35.5. The third kappa shape index (κ3) is 2.52. The van der Waals surface area contributed by atoms with E-state index >= 15 is 0 Å². The fourth-order valence-corrected chi connectivity index (χ4v) is 4.91. The Labute approximate surface area is 148 Å².